The van der Waals surface area contributed by atoms with Crippen LogP contribution >= 0.6 is 0 Å². The monoisotopic (exact) mass is 107 g/mol. The second-order valence-corrected chi connectivity index (χ2v) is 0.800. The summed E-state index contributed by atoms with van der Waals surface area (Å²) in [6.07, 6.45) is -4.37. The maximum Gasteiger partial charge on any atom is 0.457 e. The zero-order valence-electron chi connectivity index (χ0n) is 3.34. The average Bonchev–Trinajstić information content (AvgIpc) is 1.30. The molecule has 0 aliphatic heterocycles. The van der Waals surface area contributed by atoms with E-state index in [0.29, 0.717) is 0 Å². The third-order valence-corrected chi connectivity index (χ3v) is 0.230. The lowest BCUT2D eigenvalue weighted by Gasteiger charge is -1.89. The van der Waals surface area contributed by atoms with Gasteiger partial charge in [-0.3, -0.25) is 0 Å². The molecule has 0 aromatic heterocycles. The topological polar surface area (TPSA) is 0 Å². The SMILES string of the molecule is [CH2]C#CC(F)(F)F. The Balaban J connectivity index is 3.72. The van der Waals surface area contributed by atoms with Gasteiger partial charge in [0, 0.05) is 12.8 Å². The van der Waals surface area contributed by atoms with Crippen molar-refractivity contribution in [3.8, 4) is 11.8 Å². The Kier molecular flexibility index (Phi) is 1.70. The quantitative estimate of drug-likeness (QED) is 0.410. The van der Waals surface area contributed by atoms with Crippen LogP contribution in [0.2, 0.25) is 0 Å². The van der Waals surface area contributed by atoms with Gasteiger partial charge in [-0.05, 0) is 0 Å². The summed E-state index contributed by atoms with van der Waals surface area (Å²) in [6.45, 7) is 2.69. The van der Waals surface area contributed by atoms with E-state index < -0.39 is 6.18 Å². The summed E-state index contributed by atoms with van der Waals surface area (Å²) in [5, 5.41) is 0. The molecule has 0 bridgehead atoms. The fourth-order valence-electron chi connectivity index (χ4n) is 0.100. The largest absolute Gasteiger partial charge is 0.457 e. The van der Waals surface area contributed by atoms with Crippen molar-refractivity contribution in [3.05, 3.63) is 6.92 Å². The molecular formula is C4H2F3. The smallest absolute Gasteiger partial charge is 0.159 e. The lowest BCUT2D eigenvalue weighted by Crippen LogP contribution is -2.00. The first-order chi connectivity index (χ1) is 3.06. The molecule has 0 aromatic rings. The van der Waals surface area contributed by atoms with Gasteiger partial charge in [-0.25, -0.2) is 0 Å². The molecule has 7 heavy (non-hydrogen) atoms. The van der Waals surface area contributed by atoms with Gasteiger partial charge in [-0.2, -0.15) is 13.2 Å². The summed E-state index contributed by atoms with van der Waals surface area (Å²) in [7, 11) is 0. The lowest BCUT2D eigenvalue weighted by molar-refractivity contribution is -0.0696. The van der Waals surface area contributed by atoms with E-state index in [9.17, 15) is 13.2 Å². The molecule has 0 aliphatic carbocycles. The maximum atomic E-state index is 10.8. The zero-order chi connectivity index (χ0) is 5.91. The van der Waals surface area contributed by atoms with Crippen LogP contribution < -0.4 is 0 Å². The van der Waals surface area contributed by atoms with E-state index in [4.69, 9.17) is 0 Å². The lowest BCUT2D eigenvalue weighted by atomic mass is 10.6. The third-order valence-electron chi connectivity index (χ3n) is 0.230. The molecule has 0 aromatic carbocycles. The molecule has 39 valence electrons. The minimum Gasteiger partial charge on any atom is -0.159 e. The highest BCUT2D eigenvalue weighted by molar-refractivity contribution is 5.06. The van der Waals surface area contributed by atoms with Gasteiger partial charge in [-0.1, -0.05) is 5.92 Å². The van der Waals surface area contributed by atoms with Gasteiger partial charge in [0.15, 0.2) is 0 Å². The van der Waals surface area contributed by atoms with E-state index in [1.54, 1.807) is 0 Å². The van der Waals surface area contributed by atoms with E-state index in [0.717, 1.165) is 5.92 Å². The molecule has 0 N–H and O–H groups in total. The first kappa shape index (κ1) is 6.35. The average molecular weight is 107 g/mol. The summed E-state index contributed by atoms with van der Waals surface area (Å²) < 4.78 is 32.5. The number of hydrogen-bond donors (Lipinski definition) is 0. The highest BCUT2D eigenvalue weighted by Gasteiger charge is 2.22. The van der Waals surface area contributed by atoms with Crippen LogP contribution in [0.25, 0.3) is 0 Å². The molecule has 0 saturated carbocycles. The van der Waals surface area contributed by atoms with Gasteiger partial charge in [0.1, 0.15) is 0 Å². The number of rotatable bonds is 0. The Labute approximate surface area is 39.3 Å². The first-order valence-electron chi connectivity index (χ1n) is 1.42. The normalized spacial score (nSPS) is 9.71. The molecular weight excluding hydrogens is 105 g/mol. The highest BCUT2D eigenvalue weighted by atomic mass is 19.4. The molecule has 3 heteroatoms. The van der Waals surface area contributed by atoms with Crippen molar-refractivity contribution in [1.82, 2.24) is 0 Å². The van der Waals surface area contributed by atoms with E-state index in [1.807, 2.05) is 0 Å². The van der Waals surface area contributed by atoms with Gasteiger partial charge in [0.25, 0.3) is 0 Å². The van der Waals surface area contributed by atoms with E-state index in [2.05, 4.69) is 6.92 Å². The standard InChI is InChI=1S/C4H2F3/c1-2-3-4(5,6)7/h1H2. The highest BCUT2D eigenvalue weighted by Crippen LogP contribution is 2.11. The van der Waals surface area contributed by atoms with E-state index in [1.165, 1.54) is 5.92 Å². The Morgan fingerprint density at radius 1 is 1.29 bits per heavy atom. The summed E-state index contributed by atoms with van der Waals surface area (Å²) >= 11 is 0. The molecule has 0 amide bonds. The molecule has 0 heterocycles. The Bertz CT molecular complexity index is 100. The Hall–Kier alpha value is -0.650. The molecule has 0 spiro atoms. The van der Waals surface area contributed by atoms with Gasteiger partial charge in [0.05, 0.1) is 0 Å². The van der Waals surface area contributed by atoms with Crippen molar-refractivity contribution in [2.45, 2.75) is 6.18 Å². The third kappa shape index (κ3) is 5.35. The molecule has 0 unspecified atom stereocenters. The minimum absolute atomic E-state index is 0.924. The Morgan fingerprint density at radius 2 is 1.71 bits per heavy atom. The second kappa shape index (κ2) is 1.87. The van der Waals surface area contributed by atoms with Gasteiger partial charge >= 0.3 is 6.18 Å². The van der Waals surface area contributed by atoms with Crippen LogP contribution in [-0.2, 0) is 0 Å². The predicted molar refractivity (Wildman–Crippen MR) is 19.2 cm³/mol. The van der Waals surface area contributed by atoms with Crippen LogP contribution in [0.1, 0.15) is 0 Å². The van der Waals surface area contributed by atoms with Crippen molar-refractivity contribution >= 4 is 0 Å². The Morgan fingerprint density at radius 3 is 1.71 bits per heavy atom. The van der Waals surface area contributed by atoms with Crippen molar-refractivity contribution in [2.75, 3.05) is 0 Å². The van der Waals surface area contributed by atoms with Crippen LogP contribution in [0, 0.1) is 18.8 Å². The molecule has 0 aliphatic rings. The molecule has 1 radical (unpaired) electrons. The maximum absolute atomic E-state index is 10.8. The van der Waals surface area contributed by atoms with Crippen LogP contribution in [0.15, 0.2) is 0 Å². The van der Waals surface area contributed by atoms with E-state index >= 15 is 0 Å². The van der Waals surface area contributed by atoms with Crippen LogP contribution in [0.5, 0.6) is 0 Å². The van der Waals surface area contributed by atoms with Gasteiger partial charge in [0.2, 0.25) is 0 Å². The zero-order valence-corrected chi connectivity index (χ0v) is 3.34. The van der Waals surface area contributed by atoms with Crippen molar-refractivity contribution in [1.29, 1.82) is 0 Å². The molecule has 0 rings (SSSR count). The van der Waals surface area contributed by atoms with Crippen LogP contribution in [-0.4, -0.2) is 6.18 Å². The van der Waals surface area contributed by atoms with Crippen molar-refractivity contribution < 1.29 is 13.2 Å². The van der Waals surface area contributed by atoms with E-state index in [-0.39, 0.29) is 0 Å². The summed E-state index contributed by atoms with van der Waals surface area (Å²) in [4.78, 5) is 0. The van der Waals surface area contributed by atoms with Crippen LogP contribution in [0.4, 0.5) is 13.2 Å². The number of alkyl halides is 3. The summed E-state index contributed by atoms with van der Waals surface area (Å²) in [5.74, 6) is 2.41. The second-order valence-electron chi connectivity index (χ2n) is 0.800. The number of halogens is 3. The summed E-state index contributed by atoms with van der Waals surface area (Å²) in [5.41, 5.74) is 0. The van der Waals surface area contributed by atoms with Crippen LogP contribution in [0.3, 0.4) is 0 Å². The molecule has 0 fully saturated rings. The summed E-state index contributed by atoms with van der Waals surface area (Å²) in [6, 6.07) is 0. The fourth-order valence-corrected chi connectivity index (χ4v) is 0.100. The van der Waals surface area contributed by atoms with Crippen molar-refractivity contribution in [3.63, 3.8) is 0 Å². The number of hydrogen-bond acceptors (Lipinski definition) is 0. The molecule has 0 atom stereocenters. The molecule has 0 saturated heterocycles. The van der Waals surface area contributed by atoms with Gasteiger partial charge in [-0.15, -0.1) is 0 Å². The predicted octanol–water partition coefficient (Wildman–Crippen LogP) is 1.39. The minimum atomic E-state index is -4.37. The van der Waals surface area contributed by atoms with Crippen molar-refractivity contribution in [2.24, 2.45) is 0 Å². The first-order valence-corrected chi connectivity index (χ1v) is 1.42. The van der Waals surface area contributed by atoms with Gasteiger partial charge < -0.3 is 0 Å². The fraction of sp³-hybridized carbons (Fsp3) is 0.250. The molecule has 0 nitrogen and oxygen atoms in total.